The molecular weight excluding hydrogens is 426 g/mol. The van der Waals surface area contributed by atoms with Gasteiger partial charge in [0.05, 0.1) is 5.69 Å². The molecule has 1 amide bonds. The molecule has 0 radical (unpaired) electrons. The first-order valence-electron chi connectivity index (χ1n) is 9.26. The van der Waals surface area contributed by atoms with Crippen molar-refractivity contribution in [3.05, 3.63) is 100 Å². The predicted molar refractivity (Wildman–Crippen MR) is 123 cm³/mol. The number of amidine groups is 1. The van der Waals surface area contributed by atoms with E-state index in [1.807, 2.05) is 104 Å². The number of hydrogen-bond donors (Lipinski definition) is 0. The van der Waals surface area contributed by atoms with E-state index in [1.165, 1.54) is 0 Å². The molecule has 4 nitrogen and oxygen atoms in total. The Morgan fingerprint density at radius 2 is 1.66 bits per heavy atom. The summed E-state index contributed by atoms with van der Waals surface area (Å²) in [6.07, 6.45) is 1.84. The number of anilines is 2. The number of hydrogen-bond acceptors (Lipinski definition) is 3. The van der Waals surface area contributed by atoms with Gasteiger partial charge in [-0.2, -0.15) is 0 Å². The highest BCUT2D eigenvalue weighted by Crippen LogP contribution is 2.29. The lowest BCUT2D eigenvalue weighted by molar-refractivity contribution is -0.113. The van der Waals surface area contributed by atoms with Gasteiger partial charge in [-0.15, -0.1) is 0 Å². The molecule has 0 aromatic heterocycles. The smallest absolute Gasteiger partial charge is 0.282 e. The molecule has 1 aliphatic rings. The van der Waals surface area contributed by atoms with Gasteiger partial charge in [-0.25, -0.2) is 4.99 Å². The van der Waals surface area contributed by atoms with Crippen molar-refractivity contribution >= 4 is 45.1 Å². The number of carbonyl (C=O) groups excluding carboxylic acids is 1. The zero-order valence-electron chi connectivity index (χ0n) is 16.2. The number of amides is 1. The Hall–Kier alpha value is -3.18. The SMILES string of the molecule is CN(C)c1ccc(/C=C2/N=C(c3ccccc3)N(c3cccc(Br)c3)C2=O)cc1. The van der Waals surface area contributed by atoms with Gasteiger partial charge in [-0.3, -0.25) is 9.69 Å². The summed E-state index contributed by atoms with van der Waals surface area (Å²) in [6, 6.07) is 25.5. The molecule has 144 valence electrons. The summed E-state index contributed by atoms with van der Waals surface area (Å²) in [4.78, 5) is 21.7. The summed E-state index contributed by atoms with van der Waals surface area (Å²) in [7, 11) is 4.00. The minimum Gasteiger partial charge on any atom is -0.378 e. The van der Waals surface area contributed by atoms with Crippen LogP contribution in [0, 0.1) is 0 Å². The Kier molecular flexibility index (Phi) is 5.32. The summed E-state index contributed by atoms with van der Waals surface area (Å²) in [6.45, 7) is 0. The van der Waals surface area contributed by atoms with Crippen LogP contribution in [0.25, 0.3) is 6.08 Å². The van der Waals surface area contributed by atoms with Crippen LogP contribution in [0.4, 0.5) is 11.4 Å². The second-order valence-corrected chi connectivity index (χ2v) is 7.85. The van der Waals surface area contributed by atoms with Crippen LogP contribution in [0.5, 0.6) is 0 Å². The molecule has 29 heavy (non-hydrogen) atoms. The second kappa shape index (κ2) is 8.05. The van der Waals surface area contributed by atoms with Crippen LogP contribution >= 0.6 is 15.9 Å². The first-order chi connectivity index (χ1) is 14.0. The maximum absolute atomic E-state index is 13.3. The molecule has 1 heterocycles. The monoisotopic (exact) mass is 445 g/mol. The highest BCUT2D eigenvalue weighted by molar-refractivity contribution is 9.10. The standard InChI is InChI=1S/C24H20BrN3O/c1-27(2)20-13-11-17(12-14-20)15-22-24(29)28(21-10-6-9-19(25)16-21)23(26-22)18-7-4-3-5-8-18/h3-16H,1-2H3/b22-15+. The minimum absolute atomic E-state index is 0.140. The Morgan fingerprint density at radius 3 is 2.31 bits per heavy atom. The first-order valence-corrected chi connectivity index (χ1v) is 10.1. The van der Waals surface area contributed by atoms with E-state index in [0.29, 0.717) is 11.5 Å². The van der Waals surface area contributed by atoms with Gasteiger partial charge in [0.15, 0.2) is 0 Å². The van der Waals surface area contributed by atoms with E-state index >= 15 is 0 Å². The summed E-state index contributed by atoms with van der Waals surface area (Å²) >= 11 is 3.50. The topological polar surface area (TPSA) is 35.9 Å². The van der Waals surface area contributed by atoms with Gasteiger partial charge in [0, 0.05) is 29.8 Å². The van der Waals surface area contributed by atoms with Gasteiger partial charge in [0.2, 0.25) is 0 Å². The van der Waals surface area contributed by atoms with Gasteiger partial charge in [0.1, 0.15) is 11.5 Å². The Bertz CT molecular complexity index is 1100. The lowest BCUT2D eigenvalue weighted by atomic mass is 10.1. The summed E-state index contributed by atoms with van der Waals surface area (Å²) in [5, 5.41) is 0. The van der Waals surface area contributed by atoms with E-state index in [0.717, 1.165) is 27.0 Å². The maximum atomic E-state index is 13.3. The van der Waals surface area contributed by atoms with E-state index in [1.54, 1.807) is 4.90 Å². The molecule has 1 aliphatic heterocycles. The van der Waals surface area contributed by atoms with Crippen molar-refractivity contribution in [2.75, 3.05) is 23.9 Å². The number of carbonyl (C=O) groups is 1. The van der Waals surface area contributed by atoms with E-state index < -0.39 is 0 Å². The molecule has 0 bridgehead atoms. The number of benzene rings is 3. The van der Waals surface area contributed by atoms with Gasteiger partial charge in [-0.05, 0) is 42.0 Å². The third-order valence-electron chi connectivity index (χ3n) is 4.67. The summed E-state index contributed by atoms with van der Waals surface area (Å²) in [5.41, 5.74) is 4.13. The molecule has 0 N–H and O–H groups in total. The highest BCUT2D eigenvalue weighted by Gasteiger charge is 2.32. The molecule has 0 aliphatic carbocycles. The van der Waals surface area contributed by atoms with Crippen molar-refractivity contribution in [3.8, 4) is 0 Å². The van der Waals surface area contributed by atoms with E-state index in [-0.39, 0.29) is 5.91 Å². The molecule has 0 spiro atoms. The fraction of sp³-hybridized carbons (Fsp3) is 0.0833. The number of halogens is 1. The Balaban J connectivity index is 1.77. The molecule has 5 heteroatoms. The maximum Gasteiger partial charge on any atom is 0.282 e. The largest absolute Gasteiger partial charge is 0.378 e. The molecule has 0 fully saturated rings. The van der Waals surface area contributed by atoms with Crippen molar-refractivity contribution in [3.63, 3.8) is 0 Å². The molecule has 3 aromatic carbocycles. The normalized spacial score (nSPS) is 15.0. The van der Waals surface area contributed by atoms with Crippen molar-refractivity contribution in [2.24, 2.45) is 4.99 Å². The van der Waals surface area contributed by atoms with Crippen LogP contribution in [0.2, 0.25) is 0 Å². The summed E-state index contributed by atoms with van der Waals surface area (Å²) < 4.78 is 0.909. The van der Waals surface area contributed by atoms with Crippen molar-refractivity contribution in [1.82, 2.24) is 0 Å². The molecular formula is C24H20BrN3O. The van der Waals surface area contributed by atoms with Crippen LogP contribution in [0.3, 0.4) is 0 Å². The van der Waals surface area contributed by atoms with Gasteiger partial charge < -0.3 is 4.90 Å². The average molecular weight is 446 g/mol. The highest BCUT2D eigenvalue weighted by atomic mass is 79.9. The first kappa shape index (κ1) is 19.2. The van der Waals surface area contributed by atoms with Gasteiger partial charge >= 0.3 is 0 Å². The lowest BCUT2D eigenvalue weighted by Crippen LogP contribution is -2.32. The molecule has 0 saturated carbocycles. The number of rotatable bonds is 4. The van der Waals surface area contributed by atoms with Crippen LogP contribution < -0.4 is 9.80 Å². The third-order valence-corrected chi connectivity index (χ3v) is 5.16. The minimum atomic E-state index is -0.140. The molecule has 0 saturated heterocycles. The molecule has 0 atom stereocenters. The van der Waals surface area contributed by atoms with Crippen LogP contribution in [-0.4, -0.2) is 25.8 Å². The van der Waals surface area contributed by atoms with Crippen molar-refractivity contribution < 1.29 is 4.79 Å². The Morgan fingerprint density at radius 1 is 0.931 bits per heavy atom. The third kappa shape index (κ3) is 4.00. The van der Waals surface area contributed by atoms with Gasteiger partial charge in [-0.1, -0.05) is 64.5 Å². The zero-order chi connectivity index (χ0) is 20.4. The Labute approximate surface area is 178 Å². The van der Waals surface area contributed by atoms with Crippen LogP contribution in [0.15, 0.2) is 94.0 Å². The number of aliphatic imine (C=N–C) groups is 1. The van der Waals surface area contributed by atoms with E-state index in [4.69, 9.17) is 4.99 Å². The fourth-order valence-corrected chi connectivity index (χ4v) is 3.57. The quantitative estimate of drug-likeness (QED) is 0.507. The lowest BCUT2D eigenvalue weighted by Gasteiger charge is -2.18. The fourth-order valence-electron chi connectivity index (χ4n) is 3.18. The van der Waals surface area contributed by atoms with Crippen LogP contribution in [-0.2, 0) is 4.79 Å². The van der Waals surface area contributed by atoms with E-state index in [2.05, 4.69) is 15.9 Å². The van der Waals surface area contributed by atoms with Crippen molar-refractivity contribution in [2.45, 2.75) is 0 Å². The molecule has 3 aromatic rings. The predicted octanol–water partition coefficient (Wildman–Crippen LogP) is 5.35. The second-order valence-electron chi connectivity index (χ2n) is 6.94. The zero-order valence-corrected chi connectivity index (χ0v) is 17.8. The number of nitrogens with zero attached hydrogens (tertiary/aromatic N) is 3. The van der Waals surface area contributed by atoms with Gasteiger partial charge in [0.25, 0.3) is 5.91 Å². The van der Waals surface area contributed by atoms with Crippen LogP contribution in [0.1, 0.15) is 11.1 Å². The van der Waals surface area contributed by atoms with Crippen molar-refractivity contribution in [1.29, 1.82) is 0 Å². The molecule has 4 rings (SSSR count). The van der Waals surface area contributed by atoms with E-state index in [9.17, 15) is 4.79 Å². The molecule has 0 unspecified atom stereocenters. The average Bonchev–Trinajstić information content (AvgIpc) is 3.05. The summed E-state index contributed by atoms with van der Waals surface area (Å²) in [5.74, 6) is 0.489.